The van der Waals surface area contributed by atoms with E-state index in [0.717, 1.165) is 10.6 Å². The number of aromatic nitrogens is 1. The number of ether oxygens (including phenoxy) is 2. The van der Waals surface area contributed by atoms with E-state index in [0.29, 0.717) is 18.3 Å². The van der Waals surface area contributed by atoms with Gasteiger partial charge in [-0.2, -0.15) is 0 Å². The van der Waals surface area contributed by atoms with Crippen LogP contribution in [0.15, 0.2) is 0 Å². The summed E-state index contributed by atoms with van der Waals surface area (Å²) in [5, 5.41) is 3.24. The van der Waals surface area contributed by atoms with Crippen molar-refractivity contribution in [2.75, 3.05) is 45.8 Å². The molecule has 0 fully saturated rings. The Hall–Kier alpha value is -1.51. The predicted octanol–water partition coefficient (Wildman–Crippen LogP) is 0.820. The first kappa shape index (κ1) is 17.5. The lowest BCUT2D eigenvalue weighted by Gasteiger charge is -2.21. The van der Waals surface area contributed by atoms with Crippen molar-refractivity contribution in [3.8, 4) is 0 Å². The van der Waals surface area contributed by atoms with E-state index in [1.807, 2.05) is 13.8 Å². The number of amides is 2. The number of nitrogens with one attached hydrogen (secondary N) is 1. The highest BCUT2D eigenvalue weighted by atomic mass is 32.1. The molecule has 0 aromatic carbocycles. The summed E-state index contributed by atoms with van der Waals surface area (Å²) in [4.78, 5) is 30.5. The highest BCUT2D eigenvalue weighted by Gasteiger charge is 2.17. The van der Waals surface area contributed by atoms with E-state index in [-0.39, 0.29) is 25.0 Å². The molecule has 21 heavy (non-hydrogen) atoms. The number of nitrogens with zero attached hydrogens (tertiary/aromatic N) is 2. The van der Waals surface area contributed by atoms with Crippen molar-refractivity contribution in [3.63, 3.8) is 0 Å². The van der Waals surface area contributed by atoms with Crippen LogP contribution in [-0.4, -0.2) is 62.2 Å². The van der Waals surface area contributed by atoms with Crippen molar-refractivity contribution in [1.29, 1.82) is 0 Å². The Balaban J connectivity index is 2.60. The van der Waals surface area contributed by atoms with Crippen LogP contribution in [0.4, 0.5) is 5.13 Å². The first-order valence-corrected chi connectivity index (χ1v) is 7.29. The van der Waals surface area contributed by atoms with E-state index in [1.165, 1.54) is 23.3 Å². The van der Waals surface area contributed by atoms with Crippen molar-refractivity contribution < 1.29 is 19.1 Å². The number of rotatable bonds is 8. The molecule has 0 unspecified atom stereocenters. The summed E-state index contributed by atoms with van der Waals surface area (Å²) < 4.78 is 9.75. The van der Waals surface area contributed by atoms with E-state index in [9.17, 15) is 9.59 Å². The molecule has 0 bridgehead atoms. The van der Waals surface area contributed by atoms with Gasteiger partial charge in [0.25, 0.3) is 0 Å². The van der Waals surface area contributed by atoms with E-state index >= 15 is 0 Å². The minimum Gasteiger partial charge on any atom is -0.383 e. The van der Waals surface area contributed by atoms with E-state index in [1.54, 1.807) is 7.11 Å². The van der Waals surface area contributed by atoms with Gasteiger partial charge in [-0.1, -0.05) is 0 Å². The minimum atomic E-state index is -0.288. The molecule has 0 saturated carbocycles. The third kappa shape index (κ3) is 5.78. The maximum Gasteiger partial charge on any atom is 0.249 e. The number of carbonyl (C=O) groups is 2. The van der Waals surface area contributed by atoms with Gasteiger partial charge in [-0.15, -0.1) is 11.3 Å². The Morgan fingerprint density at radius 3 is 2.52 bits per heavy atom. The van der Waals surface area contributed by atoms with Gasteiger partial charge in [0.2, 0.25) is 11.8 Å². The number of methoxy groups -OCH3 is 2. The third-order valence-corrected chi connectivity index (χ3v) is 3.78. The van der Waals surface area contributed by atoms with Crippen LogP contribution in [0.25, 0.3) is 0 Å². The average molecular weight is 315 g/mol. The Morgan fingerprint density at radius 2 is 2.00 bits per heavy atom. The third-order valence-electron chi connectivity index (χ3n) is 2.80. The van der Waals surface area contributed by atoms with Crippen LogP contribution in [0.3, 0.4) is 0 Å². The molecule has 7 nitrogen and oxygen atoms in total. The Morgan fingerprint density at radius 1 is 1.29 bits per heavy atom. The monoisotopic (exact) mass is 315 g/mol. The van der Waals surface area contributed by atoms with Crippen LogP contribution in [0.2, 0.25) is 0 Å². The molecule has 0 spiro atoms. The van der Waals surface area contributed by atoms with E-state index in [2.05, 4.69) is 10.3 Å². The number of anilines is 1. The Bertz CT molecular complexity index is 470. The zero-order valence-corrected chi connectivity index (χ0v) is 13.6. The molecule has 1 aromatic rings. The normalized spacial score (nSPS) is 10.5. The van der Waals surface area contributed by atoms with Gasteiger partial charge >= 0.3 is 0 Å². The number of hydrogen-bond acceptors (Lipinski definition) is 6. The molecule has 2 amide bonds. The van der Waals surface area contributed by atoms with Crippen molar-refractivity contribution >= 4 is 28.3 Å². The molecule has 8 heteroatoms. The second-order valence-electron chi connectivity index (χ2n) is 4.45. The van der Waals surface area contributed by atoms with Crippen molar-refractivity contribution in [2.24, 2.45) is 0 Å². The van der Waals surface area contributed by atoms with Gasteiger partial charge in [-0.25, -0.2) is 4.98 Å². The topological polar surface area (TPSA) is 80.8 Å². The summed E-state index contributed by atoms with van der Waals surface area (Å²) in [5.41, 5.74) is 0.891. The quantitative estimate of drug-likeness (QED) is 0.768. The maximum atomic E-state index is 12.0. The second kappa shape index (κ2) is 8.71. The molecular weight excluding hydrogens is 294 g/mol. The highest BCUT2D eigenvalue weighted by molar-refractivity contribution is 7.15. The SMILES string of the molecule is COCCN(CC(=O)Nc1nc(C)c(C)s1)C(=O)COC. The summed E-state index contributed by atoms with van der Waals surface area (Å²) in [5.74, 6) is -0.541. The van der Waals surface area contributed by atoms with Crippen LogP contribution in [-0.2, 0) is 19.1 Å². The standard InChI is InChI=1S/C13H21N3O4S/c1-9-10(2)21-13(14-9)15-11(17)7-16(5-6-19-3)12(18)8-20-4/h5-8H2,1-4H3,(H,14,15,17). The Labute approximate surface area is 128 Å². The molecule has 0 atom stereocenters. The van der Waals surface area contributed by atoms with Gasteiger partial charge < -0.3 is 19.7 Å². The van der Waals surface area contributed by atoms with E-state index < -0.39 is 0 Å². The first-order chi connectivity index (χ1) is 9.97. The highest BCUT2D eigenvalue weighted by Crippen LogP contribution is 2.20. The molecular formula is C13H21N3O4S. The van der Waals surface area contributed by atoms with Crippen LogP contribution in [0, 0.1) is 13.8 Å². The number of carbonyl (C=O) groups excluding carboxylic acids is 2. The summed E-state index contributed by atoms with van der Waals surface area (Å²) in [7, 11) is 2.98. The molecule has 0 saturated heterocycles. The molecule has 1 heterocycles. The van der Waals surface area contributed by atoms with E-state index in [4.69, 9.17) is 9.47 Å². The van der Waals surface area contributed by atoms with Crippen LogP contribution >= 0.6 is 11.3 Å². The van der Waals surface area contributed by atoms with Gasteiger partial charge in [0, 0.05) is 25.6 Å². The number of aryl methyl sites for hydroxylation is 2. The van der Waals surface area contributed by atoms with Gasteiger partial charge in [0.05, 0.1) is 12.3 Å². The molecule has 0 aliphatic heterocycles. The van der Waals surface area contributed by atoms with Crippen LogP contribution in [0.1, 0.15) is 10.6 Å². The van der Waals surface area contributed by atoms with Crippen molar-refractivity contribution in [2.45, 2.75) is 13.8 Å². The predicted molar refractivity (Wildman–Crippen MR) is 80.5 cm³/mol. The molecule has 0 radical (unpaired) electrons. The fourth-order valence-corrected chi connectivity index (χ4v) is 2.40. The summed E-state index contributed by atoms with van der Waals surface area (Å²) >= 11 is 1.41. The van der Waals surface area contributed by atoms with Gasteiger partial charge in [0.15, 0.2) is 5.13 Å². The van der Waals surface area contributed by atoms with Gasteiger partial charge in [-0.05, 0) is 13.8 Å². The van der Waals surface area contributed by atoms with Crippen LogP contribution in [0.5, 0.6) is 0 Å². The molecule has 118 valence electrons. The zero-order valence-electron chi connectivity index (χ0n) is 12.8. The lowest BCUT2D eigenvalue weighted by atomic mass is 10.4. The summed E-state index contributed by atoms with van der Waals surface area (Å²) in [6.07, 6.45) is 0. The van der Waals surface area contributed by atoms with Gasteiger partial charge in [-0.3, -0.25) is 9.59 Å². The first-order valence-electron chi connectivity index (χ1n) is 6.47. The maximum absolute atomic E-state index is 12.0. The van der Waals surface area contributed by atoms with Crippen LogP contribution < -0.4 is 5.32 Å². The molecule has 1 rings (SSSR count). The second-order valence-corrected chi connectivity index (χ2v) is 5.65. The molecule has 0 aliphatic rings. The number of thiazole rings is 1. The summed E-state index contributed by atoms with van der Waals surface area (Å²) in [6, 6.07) is 0. The number of hydrogen-bond donors (Lipinski definition) is 1. The average Bonchev–Trinajstić information content (AvgIpc) is 2.73. The largest absolute Gasteiger partial charge is 0.383 e. The molecule has 0 aliphatic carbocycles. The molecule has 1 aromatic heterocycles. The smallest absolute Gasteiger partial charge is 0.249 e. The lowest BCUT2D eigenvalue weighted by molar-refractivity contribution is -0.138. The minimum absolute atomic E-state index is 0.0524. The van der Waals surface area contributed by atoms with Crippen molar-refractivity contribution in [3.05, 3.63) is 10.6 Å². The van der Waals surface area contributed by atoms with Gasteiger partial charge in [0.1, 0.15) is 13.2 Å². The van der Waals surface area contributed by atoms with Crippen molar-refractivity contribution in [1.82, 2.24) is 9.88 Å². The Kier molecular flexibility index (Phi) is 7.27. The fraction of sp³-hybridized carbons (Fsp3) is 0.615. The lowest BCUT2D eigenvalue weighted by Crippen LogP contribution is -2.41. The fourth-order valence-electron chi connectivity index (χ4n) is 1.57. The molecule has 1 N–H and O–H groups in total. The zero-order chi connectivity index (χ0) is 15.8. The summed E-state index contributed by atoms with van der Waals surface area (Å²) in [6.45, 7) is 4.40.